The Labute approximate surface area is 191 Å². The van der Waals surface area contributed by atoms with Crippen molar-refractivity contribution in [3.8, 4) is 11.1 Å². The van der Waals surface area contributed by atoms with Crippen molar-refractivity contribution >= 4 is 17.5 Å². The molecule has 3 aromatic rings. The van der Waals surface area contributed by atoms with Crippen molar-refractivity contribution < 1.29 is 13.9 Å². The third-order valence-electron chi connectivity index (χ3n) is 6.79. The normalized spacial score (nSPS) is 18.8. The molecule has 33 heavy (non-hydrogen) atoms. The number of carbonyl (C=O) groups excluding carboxylic acids is 1. The minimum atomic E-state index is -0.304. The van der Waals surface area contributed by atoms with Crippen LogP contribution in [0, 0.1) is 5.82 Å². The zero-order valence-corrected chi connectivity index (χ0v) is 18.1. The van der Waals surface area contributed by atoms with Crippen LogP contribution in [0.25, 0.3) is 11.1 Å². The van der Waals surface area contributed by atoms with Crippen molar-refractivity contribution in [1.82, 2.24) is 20.2 Å². The molecule has 8 heteroatoms. The lowest BCUT2D eigenvalue weighted by atomic mass is 9.80. The largest absolute Gasteiger partial charge is 0.379 e. The number of benzene rings is 2. The SMILES string of the molecule is O=C(c1ccc2c(c1)N(c1ncc(-c3ccccc3F)cn1)CC21COC1)N1CCNCC1. The molecule has 0 unspecified atom stereocenters. The summed E-state index contributed by atoms with van der Waals surface area (Å²) in [7, 11) is 0. The lowest BCUT2D eigenvalue weighted by Gasteiger charge is -2.38. The summed E-state index contributed by atoms with van der Waals surface area (Å²) in [5, 5.41) is 3.28. The number of anilines is 2. The van der Waals surface area contributed by atoms with E-state index in [1.54, 1.807) is 30.6 Å². The van der Waals surface area contributed by atoms with E-state index in [0.717, 1.165) is 24.3 Å². The Morgan fingerprint density at radius 2 is 1.82 bits per heavy atom. The molecule has 4 heterocycles. The number of amides is 1. The molecule has 0 bridgehead atoms. The second-order valence-corrected chi connectivity index (χ2v) is 8.88. The number of ether oxygens (including phenoxy) is 1. The number of hydrogen-bond donors (Lipinski definition) is 1. The van der Waals surface area contributed by atoms with E-state index in [-0.39, 0.29) is 17.1 Å². The van der Waals surface area contributed by atoms with Gasteiger partial charge in [0.1, 0.15) is 5.82 Å². The Kier molecular flexibility index (Phi) is 4.85. The van der Waals surface area contributed by atoms with Crippen molar-refractivity contribution in [3.05, 3.63) is 71.8 Å². The quantitative estimate of drug-likeness (QED) is 0.669. The average Bonchev–Trinajstić information content (AvgIpc) is 3.20. The third-order valence-corrected chi connectivity index (χ3v) is 6.79. The monoisotopic (exact) mass is 445 g/mol. The molecule has 0 atom stereocenters. The van der Waals surface area contributed by atoms with Gasteiger partial charge in [0.25, 0.3) is 5.91 Å². The molecular formula is C25H24FN5O2. The third kappa shape index (κ3) is 3.37. The number of nitrogens with one attached hydrogen (secondary N) is 1. The smallest absolute Gasteiger partial charge is 0.254 e. The first-order chi connectivity index (χ1) is 16.1. The molecule has 168 valence electrons. The van der Waals surface area contributed by atoms with Crippen LogP contribution in [-0.4, -0.2) is 66.7 Å². The van der Waals surface area contributed by atoms with Crippen molar-refractivity contribution in [2.75, 3.05) is 50.8 Å². The Bertz CT molecular complexity index is 1210. The molecule has 3 aliphatic rings. The van der Waals surface area contributed by atoms with Crippen LogP contribution >= 0.6 is 0 Å². The molecular weight excluding hydrogens is 421 g/mol. The predicted octanol–water partition coefficient (Wildman–Crippen LogP) is 2.75. The van der Waals surface area contributed by atoms with Gasteiger partial charge in [-0.15, -0.1) is 0 Å². The van der Waals surface area contributed by atoms with Gasteiger partial charge < -0.3 is 19.9 Å². The number of carbonyl (C=O) groups is 1. The summed E-state index contributed by atoms with van der Waals surface area (Å²) in [4.78, 5) is 26.2. The number of fused-ring (bicyclic) bond motifs is 2. The minimum absolute atomic E-state index is 0.0425. The van der Waals surface area contributed by atoms with Gasteiger partial charge in [0, 0.05) is 67.5 Å². The van der Waals surface area contributed by atoms with Crippen LogP contribution in [0.2, 0.25) is 0 Å². The highest BCUT2D eigenvalue weighted by Crippen LogP contribution is 2.48. The molecule has 2 saturated heterocycles. The van der Waals surface area contributed by atoms with Crippen LogP contribution in [0.1, 0.15) is 15.9 Å². The number of halogens is 1. The molecule has 7 nitrogen and oxygen atoms in total. The average molecular weight is 445 g/mol. The van der Waals surface area contributed by atoms with Gasteiger partial charge in [-0.3, -0.25) is 4.79 Å². The highest BCUT2D eigenvalue weighted by molar-refractivity contribution is 5.96. The van der Waals surface area contributed by atoms with E-state index in [2.05, 4.69) is 26.3 Å². The van der Waals surface area contributed by atoms with E-state index in [0.29, 0.717) is 55.5 Å². The molecule has 1 aromatic heterocycles. The summed E-state index contributed by atoms with van der Waals surface area (Å²) in [6.45, 7) is 4.99. The Hall–Kier alpha value is -3.36. The lowest BCUT2D eigenvalue weighted by molar-refractivity contribution is -0.0507. The molecule has 1 spiro atoms. The molecule has 6 rings (SSSR count). The number of rotatable bonds is 3. The van der Waals surface area contributed by atoms with Crippen molar-refractivity contribution in [2.45, 2.75) is 5.41 Å². The summed E-state index contributed by atoms with van der Waals surface area (Å²) >= 11 is 0. The maximum atomic E-state index is 14.2. The summed E-state index contributed by atoms with van der Waals surface area (Å²) in [6, 6.07) is 12.5. The fraction of sp³-hybridized carbons (Fsp3) is 0.320. The fourth-order valence-electron chi connectivity index (χ4n) is 4.93. The van der Waals surface area contributed by atoms with Crippen LogP contribution in [0.4, 0.5) is 16.0 Å². The van der Waals surface area contributed by atoms with Crippen LogP contribution in [0.3, 0.4) is 0 Å². The van der Waals surface area contributed by atoms with Crippen LogP contribution in [0.15, 0.2) is 54.9 Å². The van der Waals surface area contributed by atoms with Crippen molar-refractivity contribution in [1.29, 1.82) is 0 Å². The van der Waals surface area contributed by atoms with Gasteiger partial charge in [-0.25, -0.2) is 14.4 Å². The van der Waals surface area contributed by atoms with Gasteiger partial charge in [0.05, 0.1) is 18.6 Å². The summed E-state index contributed by atoms with van der Waals surface area (Å²) in [5.41, 5.74) is 3.75. The van der Waals surface area contributed by atoms with E-state index in [1.165, 1.54) is 6.07 Å². The van der Waals surface area contributed by atoms with Gasteiger partial charge in [0.2, 0.25) is 5.95 Å². The van der Waals surface area contributed by atoms with Crippen molar-refractivity contribution in [2.24, 2.45) is 0 Å². The molecule has 0 radical (unpaired) electrons. The van der Waals surface area contributed by atoms with Gasteiger partial charge in [-0.05, 0) is 23.8 Å². The first-order valence-corrected chi connectivity index (χ1v) is 11.2. The number of aromatic nitrogens is 2. The molecule has 2 fully saturated rings. The number of hydrogen-bond acceptors (Lipinski definition) is 6. The summed E-state index contributed by atoms with van der Waals surface area (Å²) < 4.78 is 19.8. The zero-order valence-electron chi connectivity index (χ0n) is 18.1. The van der Waals surface area contributed by atoms with E-state index in [9.17, 15) is 9.18 Å². The maximum Gasteiger partial charge on any atom is 0.254 e. The second kappa shape index (κ2) is 7.90. The van der Waals surface area contributed by atoms with Crippen molar-refractivity contribution in [3.63, 3.8) is 0 Å². The molecule has 3 aliphatic heterocycles. The second-order valence-electron chi connectivity index (χ2n) is 8.88. The zero-order chi connectivity index (χ0) is 22.4. The number of nitrogens with zero attached hydrogens (tertiary/aromatic N) is 4. The summed E-state index contributed by atoms with van der Waals surface area (Å²) in [6.07, 6.45) is 3.30. The van der Waals surface area contributed by atoms with Gasteiger partial charge in [-0.2, -0.15) is 0 Å². The van der Waals surface area contributed by atoms with Crippen LogP contribution in [0.5, 0.6) is 0 Å². The predicted molar refractivity (Wildman–Crippen MR) is 122 cm³/mol. The van der Waals surface area contributed by atoms with E-state index in [1.807, 2.05) is 17.0 Å². The first-order valence-electron chi connectivity index (χ1n) is 11.2. The fourth-order valence-corrected chi connectivity index (χ4v) is 4.93. The van der Waals surface area contributed by atoms with Gasteiger partial charge >= 0.3 is 0 Å². The lowest BCUT2D eigenvalue weighted by Crippen LogP contribution is -2.49. The number of piperazine rings is 1. The molecule has 0 aliphatic carbocycles. The Balaban J connectivity index is 1.34. The Morgan fingerprint density at radius 3 is 2.52 bits per heavy atom. The molecule has 1 amide bonds. The summed E-state index contributed by atoms with van der Waals surface area (Å²) in [5.74, 6) is 0.273. The topological polar surface area (TPSA) is 70.6 Å². The van der Waals surface area contributed by atoms with E-state index >= 15 is 0 Å². The van der Waals surface area contributed by atoms with Gasteiger partial charge in [0.15, 0.2) is 0 Å². The molecule has 0 saturated carbocycles. The molecule has 1 N–H and O–H groups in total. The minimum Gasteiger partial charge on any atom is -0.379 e. The van der Waals surface area contributed by atoms with Crippen LogP contribution in [-0.2, 0) is 10.2 Å². The first kappa shape index (κ1) is 20.3. The van der Waals surface area contributed by atoms with Crippen LogP contribution < -0.4 is 10.2 Å². The van der Waals surface area contributed by atoms with E-state index in [4.69, 9.17) is 4.74 Å². The van der Waals surface area contributed by atoms with E-state index < -0.39 is 0 Å². The maximum absolute atomic E-state index is 14.2. The highest BCUT2D eigenvalue weighted by atomic mass is 19.1. The Morgan fingerprint density at radius 1 is 1.06 bits per heavy atom. The van der Waals surface area contributed by atoms with Gasteiger partial charge in [-0.1, -0.05) is 24.3 Å². The highest BCUT2D eigenvalue weighted by Gasteiger charge is 2.49. The molecule has 2 aromatic carbocycles. The standard InChI is InChI=1S/C25H24FN5O2/c26-21-4-2-1-3-19(21)18-12-28-24(29-13-18)31-14-25(15-33-16-25)20-6-5-17(11-22(20)31)23(32)30-9-7-27-8-10-30/h1-6,11-13,27H,7-10,14-16H2.